The highest BCUT2D eigenvalue weighted by atomic mass is 35.5. The monoisotopic (exact) mass is 331 g/mol. The summed E-state index contributed by atoms with van der Waals surface area (Å²) in [6.07, 6.45) is -2.76. The number of aromatic nitrogens is 1. The first-order valence-corrected chi connectivity index (χ1v) is 6.28. The van der Waals surface area contributed by atoms with Crippen LogP contribution in [0, 0.1) is 17.1 Å². The topological polar surface area (TPSA) is 48.7 Å². The van der Waals surface area contributed by atoms with Crippen LogP contribution in [0.25, 0.3) is 0 Å². The minimum atomic E-state index is -2.76. The van der Waals surface area contributed by atoms with E-state index in [4.69, 9.17) is 28.5 Å². The van der Waals surface area contributed by atoms with Crippen LogP contribution in [0.2, 0.25) is 10.2 Å². The van der Waals surface area contributed by atoms with Crippen molar-refractivity contribution in [3.8, 4) is 6.07 Å². The number of hydrogen-bond donors (Lipinski definition) is 1. The number of benzene rings is 1. The highest BCUT2D eigenvalue weighted by Crippen LogP contribution is 2.31. The standard InChI is InChI=1S/C13H6Cl2F3N3/c14-9-2-1-7(4-8(9)12(17)18)20-13-10(16)3-6(5-19)11(15)21-13/h1-4,12H,(H,20,21). The molecule has 1 heterocycles. The molecule has 1 aromatic heterocycles. The van der Waals surface area contributed by atoms with E-state index in [-0.39, 0.29) is 32.8 Å². The Morgan fingerprint density at radius 1 is 1.24 bits per heavy atom. The van der Waals surface area contributed by atoms with Gasteiger partial charge in [0.15, 0.2) is 11.6 Å². The van der Waals surface area contributed by atoms with Gasteiger partial charge < -0.3 is 5.32 Å². The number of halogens is 5. The van der Waals surface area contributed by atoms with E-state index >= 15 is 0 Å². The Kier molecular flexibility index (Phi) is 4.56. The van der Waals surface area contributed by atoms with E-state index in [1.807, 2.05) is 0 Å². The van der Waals surface area contributed by atoms with Gasteiger partial charge >= 0.3 is 0 Å². The minimum Gasteiger partial charge on any atom is -0.338 e. The number of nitriles is 1. The Morgan fingerprint density at radius 3 is 2.57 bits per heavy atom. The molecule has 8 heteroatoms. The van der Waals surface area contributed by atoms with E-state index in [1.54, 1.807) is 6.07 Å². The van der Waals surface area contributed by atoms with Crippen LogP contribution in [-0.4, -0.2) is 4.98 Å². The minimum absolute atomic E-state index is 0.0955. The van der Waals surface area contributed by atoms with Gasteiger partial charge in [0.05, 0.1) is 5.56 Å². The Balaban J connectivity index is 2.37. The van der Waals surface area contributed by atoms with Crippen LogP contribution in [0.5, 0.6) is 0 Å². The van der Waals surface area contributed by atoms with E-state index in [9.17, 15) is 13.2 Å². The average Bonchev–Trinajstić information content (AvgIpc) is 2.44. The molecule has 2 rings (SSSR count). The van der Waals surface area contributed by atoms with Gasteiger partial charge in [-0.05, 0) is 24.3 Å². The van der Waals surface area contributed by atoms with E-state index in [1.165, 1.54) is 12.1 Å². The van der Waals surface area contributed by atoms with Gasteiger partial charge in [0.1, 0.15) is 11.2 Å². The second-order valence-corrected chi connectivity index (χ2v) is 4.70. The highest BCUT2D eigenvalue weighted by Gasteiger charge is 2.14. The lowest BCUT2D eigenvalue weighted by molar-refractivity contribution is 0.151. The molecule has 0 aliphatic carbocycles. The quantitative estimate of drug-likeness (QED) is 0.798. The van der Waals surface area contributed by atoms with Crippen LogP contribution in [0.4, 0.5) is 24.7 Å². The Labute approximate surface area is 127 Å². The number of hydrogen-bond acceptors (Lipinski definition) is 3. The Morgan fingerprint density at radius 2 is 1.95 bits per heavy atom. The van der Waals surface area contributed by atoms with Crippen LogP contribution in [0.15, 0.2) is 24.3 Å². The molecule has 0 saturated carbocycles. The smallest absolute Gasteiger partial charge is 0.265 e. The largest absolute Gasteiger partial charge is 0.338 e. The summed E-state index contributed by atoms with van der Waals surface area (Å²) in [6, 6.07) is 6.32. The zero-order chi connectivity index (χ0) is 15.6. The second kappa shape index (κ2) is 6.20. The van der Waals surface area contributed by atoms with Crippen LogP contribution in [0.3, 0.4) is 0 Å². The van der Waals surface area contributed by atoms with Gasteiger partial charge in [-0.25, -0.2) is 18.2 Å². The molecule has 0 aliphatic rings. The first-order valence-electron chi connectivity index (χ1n) is 5.53. The summed E-state index contributed by atoms with van der Waals surface area (Å²) in [7, 11) is 0. The van der Waals surface area contributed by atoms with Crippen molar-refractivity contribution in [1.29, 1.82) is 5.26 Å². The molecule has 0 atom stereocenters. The lowest BCUT2D eigenvalue weighted by Gasteiger charge is -2.10. The van der Waals surface area contributed by atoms with Crippen molar-refractivity contribution in [3.63, 3.8) is 0 Å². The SMILES string of the molecule is N#Cc1cc(F)c(Nc2ccc(Cl)c(C(F)F)c2)nc1Cl. The summed E-state index contributed by atoms with van der Waals surface area (Å²) in [5, 5.41) is 10.9. The summed E-state index contributed by atoms with van der Waals surface area (Å²) in [4.78, 5) is 3.67. The fourth-order valence-electron chi connectivity index (χ4n) is 1.56. The van der Waals surface area contributed by atoms with Crippen molar-refractivity contribution in [1.82, 2.24) is 4.98 Å². The first-order chi connectivity index (χ1) is 9.92. The Bertz CT molecular complexity index is 729. The number of anilines is 2. The second-order valence-electron chi connectivity index (χ2n) is 3.93. The highest BCUT2D eigenvalue weighted by molar-refractivity contribution is 6.31. The van der Waals surface area contributed by atoms with Gasteiger partial charge in [-0.2, -0.15) is 5.26 Å². The van der Waals surface area contributed by atoms with Crippen molar-refractivity contribution in [2.75, 3.05) is 5.32 Å². The summed E-state index contributed by atoms with van der Waals surface area (Å²) in [5.74, 6) is -1.11. The lowest BCUT2D eigenvalue weighted by Crippen LogP contribution is -2.00. The van der Waals surface area contributed by atoms with Crippen molar-refractivity contribution < 1.29 is 13.2 Å². The molecule has 1 aromatic carbocycles. The number of rotatable bonds is 3. The van der Waals surface area contributed by atoms with E-state index in [2.05, 4.69) is 10.3 Å². The van der Waals surface area contributed by atoms with Gasteiger partial charge in [-0.1, -0.05) is 23.2 Å². The maximum absolute atomic E-state index is 13.7. The van der Waals surface area contributed by atoms with Gasteiger partial charge in [0.25, 0.3) is 6.43 Å². The lowest BCUT2D eigenvalue weighted by atomic mass is 10.2. The van der Waals surface area contributed by atoms with E-state index < -0.39 is 12.2 Å². The third-order valence-electron chi connectivity index (χ3n) is 2.54. The van der Waals surface area contributed by atoms with Crippen molar-refractivity contribution in [3.05, 3.63) is 51.4 Å². The maximum atomic E-state index is 13.7. The summed E-state index contributed by atoms with van der Waals surface area (Å²) in [6.45, 7) is 0. The molecule has 0 fully saturated rings. The molecule has 3 nitrogen and oxygen atoms in total. The molecular weight excluding hydrogens is 326 g/mol. The molecule has 0 spiro atoms. The molecule has 0 aliphatic heterocycles. The molecule has 2 aromatic rings. The molecule has 108 valence electrons. The third-order valence-corrected chi connectivity index (χ3v) is 3.18. The van der Waals surface area contributed by atoms with E-state index in [0.717, 1.165) is 12.1 Å². The molecule has 0 unspecified atom stereocenters. The molecular formula is C13H6Cl2F3N3. The summed E-state index contributed by atoms with van der Waals surface area (Å²) < 4.78 is 39.2. The fraction of sp³-hybridized carbons (Fsp3) is 0.0769. The molecule has 0 bridgehead atoms. The molecule has 1 N–H and O–H groups in total. The number of nitrogens with zero attached hydrogens (tertiary/aromatic N) is 2. The average molecular weight is 332 g/mol. The summed E-state index contributed by atoms with van der Waals surface area (Å²) in [5.41, 5.74) is -0.340. The van der Waals surface area contributed by atoms with Crippen LogP contribution in [-0.2, 0) is 0 Å². The zero-order valence-electron chi connectivity index (χ0n) is 10.2. The predicted octanol–water partition coefficient (Wildman–Crippen LogP) is 5.08. The zero-order valence-corrected chi connectivity index (χ0v) is 11.7. The molecule has 0 amide bonds. The number of pyridine rings is 1. The van der Waals surface area contributed by atoms with Gasteiger partial charge in [-0.15, -0.1) is 0 Å². The normalized spacial score (nSPS) is 10.5. The van der Waals surface area contributed by atoms with Crippen LogP contribution < -0.4 is 5.32 Å². The van der Waals surface area contributed by atoms with Crippen molar-refractivity contribution in [2.45, 2.75) is 6.43 Å². The van der Waals surface area contributed by atoms with Gasteiger partial charge in [0.2, 0.25) is 0 Å². The summed E-state index contributed by atoms with van der Waals surface area (Å²) >= 11 is 11.3. The molecule has 0 saturated heterocycles. The van der Waals surface area contributed by atoms with Crippen molar-refractivity contribution in [2.24, 2.45) is 0 Å². The predicted molar refractivity (Wildman–Crippen MR) is 73.6 cm³/mol. The van der Waals surface area contributed by atoms with E-state index in [0.29, 0.717) is 0 Å². The maximum Gasteiger partial charge on any atom is 0.265 e. The molecule has 21 heavy (non-hydrogen) atoms. The van der Waals surface area contributed by atoms with Gasteiger partial charge in [0, 0.05) is 16.3 Å². The van der Waals surface area contributed by atoms with Crippen LogP contribution in [0.1, 0.15) is 17.6 Å². The first kappa shape index (κ1) is 15.4. The number of nitrogens with one attached hydrogen (secondary N) is 1. The fourth-order valence-corrected chi connectivity index (χ4v) is 1.94. The van der Waals surface area contributed by atoms with Crippen LogP contribution >= 0.6 is 23.2 Å². The van der Waals surface area contributed by atoms with Gasteiger partial charge in [-0.3, -0.25) is 0 Å². The third kappa shape index (κ3) is 3.38. The Hall–Kier alpha value is -1.97. The molecule has 0 radical (unpaired) electrons. The number of alkyl halides is 2. The van der Waals surface area contributed by atoms with Crippen molar-refractivity contribution >= 4 is 34.7 Å².